The van der Waals surface area contributed by atoms with Crippen LogP contribution < -0.4 is 0 Å². The molecule has 0 bridgehead atoms. The summed E-state index contributed by atoms with van der Waals surface area (Å²) in [5.41, 5.74) is 3.60. The molecule has 0 fully saturated rings. The molecule has 19 heavy (non-hydrogen) atoms. The van der Waals surface area contributed by atoms with Crippen LogP contribution in [0.3, 0.4) is 0 Å². The first-order valence-corrected chi connectivity index (χ1v) is 6.64. The lowest BCUT2D eigenvalue weighted by molar-refractivity contribution is 0.282. The molecule has 0 spiro atoms. The number of aliphatic hydroxyl groups is 2. The molecular formula is C17H26O2. The SMILES string of the molecule is CC(C)=CCCC(C)=CCO.OCc1ccccc1. The van der Waals surface area contributed by atoms with Gasteiger partial charge in [0.05, 0.1) is 13.2 Å². The van der Waals surface area contributed by atoms with E-state index in [1.165, 1.54) is 11.1 Å². The maximum Gasteiger partial charge on any atom is 0.0681 e. The molecule has 1 rings (SSSR count). The second-order valence-electron chi connectivity index (χ2n) is 4.70. The van der Waals surface area contributed by atoms with E-state index in [4.69, 9.17) is 10.2 Å². The Balaban J connectivity index is 0.000000356. The Morgan fingerprint density at radius 2 is 1.63 bits per heavy atom. The molecule has 0 unspecified atom stereocenters. The average molecular weight is 262 g/mol. The Labute approximate surface area is 117 Å². The largest absolute Gasteiger partial charge is 0.392 e. The fraction of sp³-hybridized carbons (Fsp3) is 0.412. The van der Waals surface area contributed by atoms with E-state index in [2.05, 4.69) is 26.8 Å². The smallest absolute Gasteiger partial charge is 0.0681 e. The first kappa shape index (κ1) is 17.6. The van der Waals surface area contributed by atoms with Crippen LogP contribution in [0.1, 0.15) is 39.2 Å². The minimum atomic E-state index is 0.140. The number of rotatable bonds is 5. The molecule has 0 aliphatic carbocycles. The molecule has 2 N–H and O–H groups in total. The topological polar surface area (TPSA) is 40.5 Å². The number of hydrogen-bond acceptors (Lipinski definition) is 2. The van der Waals surface area contributed by atoms with Crippen molar-refractivity contribution in [2.45, 2.75) is 40.2 Å². The summed E-state index contributed by atoms with van der Waals surface area (Å²) in [6.07, 6.45) is 6.23. The Kier molecular flexibility index (Phi) is 10.8. The van der Waals surface area contributed by atoms with Crippen LogP contribution in [-0.2, 0) is 6.61 Å². The van der Waals surface area contributed by atoms with Gasteiger partial charge < -0.3 is 10.2 Å². The van der Waals surface area contributed by atoms with E-state index in [1.54, 1.807) is 0 Å². The van der Waals surface area contributed by atoms with Crippen LogP contribution in [-0.4, -0.2) is 16.8 Å². The van der Waals surface area contributed by atoms with Gasteiger partial charge in [-0.25, -0.2) is 0 Å². The summed E-state index contributed by atoms with van der Waals surface area (Å²) in [6, 6.07) is 9.52. The fourth-order valence-corrected chi connectivity index (χ4v) is 1.43. The van der Waals surface area contributed by atoms with Crippen LogP contribution >= 0.6 is 0 Å². The molecular weight excluding hydrogens is 236 g/mol. The highest BCUT2D eigenvalue weighted by Crippen LogP contribution is 2.05. The van der Waals surface area contributed by atoms with Gasteiger partial charge in [0.15, 0.2) is 0 Å². The molecule has 0 radical (unpaired) electrons. The highest BCUT2D eigenvalue weighted by atomic mass is 16.3. The van der Waals surface area contributed by atoms with Gasteiger partial charge in [0, 0.05) is 0 Å². The van der Waals surface area contributed by atoms with Crippen molar-refractivity contribution in [1.29, 1.82) is 0 Å². The lowest BCUT2D eigenvalue weighted by atomic mass is 10.1. The van der Waals surface area contributed by atoms with Crippen LogP contribution in [0, 0.1) is 0 Å². The van der Waals surface area contributed by atoms with Gasteiger partial charge in [0.1, 0.15) is 0 Å². The van der Waals surface area contributed by atoms with E-state index in [1.807, 2.05) is 36.4 Å². The number of allylic oxidation sites excluding steroid dienone is 3. The first-order chi connectivity index (χ1) is 9.10. The minimum absolute atomic E-state index is 0.140. The van der Waals surface area contributed by atoms with Gasteiger partial charge >= 0.3 is 0 Å². The summed E-state index contributed by atoms with van der Waals surface area (Å²) in [6.45, 7) is 6.56. The molecule has 2 nitrogen and oxygen atoms in total. The average Bonchev–Trinajstić information content (AvgIpc) is 2.40. The van der Waals surface area contributed by atoms with Crippen LogP contribution in [0.5, 0.6) is 0 Å². The summed E-state index contributed by atoms with van der Waals surface area (Å²) in [4.78, 5) is 0. The van der Waals surface area contributed by atoms with Gasteiger partial charge in [-0.1, -0.05) is 53.6 Å². The van der Waals surface area contributed by atoms with Crippen molar-refractivity contribution in [3.05, 3.63) is 59.2 Å². The minimum Gasteiger partial charge on any atom is -0.392 e. The first-order valence-electron chi connectivity index (χ1n) is 6.64. The number of hydrogen-bond donors (Lipinski definition) is 2. The summed E-state index contributed by atoms with van der Waals surface area (Å²) >= 11 is 0. The van der Waals surface area contributed by atoms with Crippen LogP contribution in [0.2, 0.25) is 0 Å². The quantitative estimate of drug-likeness (QED) is 0.791. The second kappa shape index (κ2) is 11.7. The Morgan fingerprint density at radius 1 is 1.00 bits per heavy atom. The lowest BCUT2D eigenvalue weighted by Crippen LogP contribution is -1.80. The van der Waals surface area contributed by atoms with Crippen LogP contribution in [0.25, 0.3) is 0 Å². The van der Waals surface area contributed by atoms with Gasteiger partial charge in [0.2, 0.25) is 0 Å². The molecule has 0 aliphatic heterocycles. The van der Waals surface area contributed by atoms with Gasteiger partial charge in [0.25, 0.3) is 0 Å². The van der Waals surface area contributed by atoms with Crippen LogP contribution in [0.15, 0.2) is 53.6 Å². The normalized spacial score (nSPS) is 10.5. The molecule has 1 aromatic carbocycles. The van der Waals surface area contributed by atoms with E-state index in [-0.39, 0.29) is 13.2 Å². The molecule has 2 heteroatoms. The monoisotopic (exact) mass is 262 g/mol. The standard InChI is InChI=1S/C10H18O.C7H8O/c1-9(2)5-4-6-10(3)7-8-11;8-6-7-4-2-1-3-5-7/h5,7,11H,4,6,8H2,1-3H3;1-5,8H,6H2. The van der Waals surface area contributed by atoms with Crippen molar-refractivity contribution < 1.29 is 10.2 Å². The number of aliphatic hydroxyl groups excluding tert-OH is 2. The zero-order chi connectivity index (χ0) is 14.5. The molecule has 106 valence electrons. The second-order valence-corrected chi connectivity index (χ2v) is 4.70. The Hall–Kier alpha value is -1.38. The molecule has 0 atom stereocenters. The van der Waals surface area contributed by atoms with Crippen molar-refractivity contribution >= 4 is 0 Å². The third kappa shape index (κ3) is 11.4. The van der Waals surface area contributed by atoms with Gasteiger partial charge in [-0.15, -0.1) is 0 Å². The van der Waals surface area contributed by atoms with E-state index < -0.39 is 0 Å². The highest BCUT2D eigenvalue weighted by Gasteiger charge is 1.86. The van der Waals surface area contributed by atoms with E-state index >= 15 is 0 Å². The zero-order valence-corrected chi connectivity index (χ0v) is 12.3. The zero-order valence-electron chi connectivity index (χ0n) is 12.3. The van der Waals surface area contributed by atoms with E-state index in [0.29, 0.717) is 0 Å². The maximum absolute atomic E-state index is 8.55. The van der Waals surface area contributed by atoms with Gasteiger partial charge in [-0.2, -0.15) is 0 Å². The van der Waals surface area contributed by atoms with Crippen molar-refractivity contribution in [2.24, 2.45) is 0 Å². The maximum atomic E-state index is 8.55. The Morgan fingerprint density at radius 3 is 2.05 bits per heavy atom. The molecule has 0 heterocycles. The van der Waals surface area contributed by atoms with Gasteiger partial charge in [-0.05, 0) is 39.2 Å². The predicted octanol–water partition coefficient (Wildman–Crippen LogP) is 3.85. The molecule has 1 aromatic rings. The summed E-state index contributed by atoms with van der Waals surface area (Å²) in [5, 5.41) is 17.1. The lowest BCUT2D eigenvalue weighted by Gasteiger charge is -1.96. The summed E-state index contributed by atoms with van der Waals surface area (Å²) < 4.78 is 0. The fourth-order valence-electron chi connectivity index (χ4n) is 1.43. The number of benzene rings is 1. The van der Waals surface area contributed by atoms with Crippen molar-refractivity contribution in [3.63, 3.8) is 0 Å². The highest BCUT2D eigenvalue weighted by molar-refractivity contribution is 5.12. The Bertz CT molecular complexity index is 374. The summed E-state index contributed by atoms with van der Waals surface area (Å²) in [7, 11) is 0. The molecule has 0 saturated carbocycles. The molecule has 0 aromatic heterocycles. The van der Waals surface area contributed by atoms with Crippen molar-refractivity contribution in [2.75, 3.05) is 6.61 Å². The molecule has 0 saturated heterocycles. The van der Waals surface area contributed by atoms with Crippen LogP contribution in [0.4, 0.5) is 0 Å². The molecule has 0 aliphatic rings. The summed E-state index contributed by atoms with van der Waals surface area (Å²) in [5.74, 6) is 0. The predicted molar refractivity (Wildman–Crippen MR) is 81.9 cm³/mol. The molecule has 0 amide bonds. The van der Waals surface area contributed by atoms with E-state index in [9.17, 15) is 0 Å². The van der Waals surface area contributed by atoms with E-state index in [0.717, 1.165) is 18.4 Å². The van der Waals surface area contributed by atoms with Crippen molar-refractivity contribution in [3.8, 4) is 0 Å². The van der Waals surface area contributed by atoms with Gasteiger partial charge in [-0.3, -0.25) is 0 Å². The third-order valence-electron chi connectivity index (χ3n) is 2.56. The van der Waals surface area contributed by atoms with Crippen molar-refractivity contribution in [1.82, 2.24) is 0 Å². The third-order valence-corrected chi connectivity index (χ3v) is 2.56.